The van der Waals surface area contributed by atoms with Crippen molar-refractivity contribution >= 4 is 47.3 Å². The number of nitrogens with zero attached hydrogens (tertiary/aromatic N) is 2. The second-order valence-electron chi connectivity index (χ2n) is 6.59. The maximum Gasteiger partial charge on any atom is 0.252 e. The van der Waals surface area contributed by atoms with Gasteiger partial charge in [0.15, 0.2) is 0 Å². The van der Waals surface area contributed by atoms with Gasteiger partial charge in [-0.25, -0.2) is 16.8 Å². The molecule has 10 heteroatoms. The third kappa shape index (κ3) is 4.30. The standard InChI is InChI=1S/C17H21BrN2O4S3/c1-13(2)14-3-5-15(6-4-14)26(21,22)19-9-11-20(12-10-19)27(23,24)17-8-7-16(18)25-17/h3-8,13H,9-12H2,1-2H3. The number of benzene rings is 1. The van der Waals surface area contributed by atoms with E-state index in [0.29, 0.717) is 5.92 Å². The van der Waals surface area contributed by atoms with Gasteiger partial charge in [0.05, 0.1) is 8.68 Å². The molecule has 1 aromatic heterocycles. The van der Waals surface area contributed by atoms with E-state index in [1.165, 1.54) is 8.61 Å². The van der Waals surface area contributed by atoms with Crippen molar-refractivity contribution in [1.29, 1.82) is 0 Å². The van der Waals surface area contributed by atoms with E-state index in [2.05, 4.69) is 29.8 Å². The number of halogens is 1. The van der Waals surface area contributed by atoms with Crippen molar-refractivity contribution in [2.45, 2.75) is 28.9 Å². The maximum absolute atomic E-state index is 12.9. The Morgan fingerprint density at radius 2 is 1.37 bits per heavy atom. The van der Waals surface area contributed by atoms with Crippen LogP contribution in [-0.4, -0.2) is 51.6 Å². The van der Waals surface area contributed by atoms with Crippen molar-refractivity contribution in [2.24, 2.45) is 0 Å². The van der Waals surface area contributed by atoms with Crippen LogP contribution in [0.1, 0.15) is 25.3 Å². The highest BCUT2D eigenvalue weighted by molar-refractivity contribution is 9.11. The van der Waals surface area contributed by atoms with Crippen LogP contribution in [0.4, 0.5) is 0 Å². The molecule has 2 heterocycles. The molecule has 27 heavy (non-hydrogen) atoms. The van der Waals surface area contributed by atoms with Crippen LogP contribution in [-0.2, 0) is 20.0 Å². The van der Waals surface area contributed by atoms with Crippen molar-refractivity contribution in [3.8, 4) is 0 Å². The highest BCUT2D eigenvalue weighted by Gasteiger charge is 2.34. The van der Waals surface area contributed by atoms with Gasteiger partial charge in [-0.1, -0.05) is 26.0 Å². The SMILES string of the molecule is CC(C)c1ccc(S(=O)(=O)N2CCN(S(=O)(=O)c3ccc(Br)s3)CC2)cc1. The Balaban J connectivity index is 1.73. The molecule has 0 aliphatic carbocycles. The predicted molar refractivity (Wildman–Crippen MR) is 110 cm³/mol. The average molecular weight is 493 g/mol. The van der Waals surface area contributed by atoms with E-state index < -0.39 is 20.0 Å². The van der Waals surface area contributed by atoms with Gasteiger partial charge in [0, 0.05) is 26.2 Å². The first kappa shape index (κ1) is 20.9. The molecule has 148 valence electrons. The van der Waals surface area contributed by atoms with Crippen LogP contribution >= 0.6 is 27.3 Å². The zero-order chi connectivity index (χ0) is 19.8. The van der Waals surface area contributed by atoms with Crippen LogP contribution in [0.2, 0.25) is 0 Å². The van der Waals surface area contributed by atoms with E-state index in [0.717, 1.165) is 20.7 Å². The smallest absolute Gasteiger partial charge is 0.207 e. The fraction of sp³-hybridized carbons (Fsp3) is 0.412. The van der Waals surface area contributed by atoms with Crippen molar-refractivity contribution < 1.29 is 16.8 Å². The number of rotatable bonds is 5. The van der Waals surface area contributed by atoms with Gasteiger partial charge in [0.25, 0.3) is 10.0 Å². The molecule has 1 aromatic carbocycles. The molecule has 0 spiro atoms. The molecule has 2 aromatic rings. The molecule has 0 bridgehead atoms. The first-order valence-electron chi connectivity index (χ1n) is 8.48. The topological polar surface area (TPSA) is 74.8 Å². The fourth-order valence-electron chi connectivity index (χ4n) is 2.89. The highest BCUT2D eigenvalue weighted by atomic mass is 79.9. The largest absolute Gasteiger partial charge is 0.252 e. The van der Waals surface area contributed by atoms with Crippen LogP contribution < -0.4 is 0 Å². The number of hydrogen-bond acceptors (Lipinski definition) is 5. The third-order valence-corrected chi connectivity index (χ3v) is 10.4. The lowest BCUT2D eigenvalue weighted by molar-refractivity contribution is 0.273. The summed E-state index contributed by atoms with van der Waals surface area (Å²) >= 11 is 4.42. The normalized spacial score (nSPS) is 17.5. The number of piperazine rings is 1. The molecule has 0 unspecified atom stereocenters. The third-order valence-electron chi connectivity index (χ3n) is 4.52. The average Bonchev–Trinajstić information content (AvgIpc) is 3.09. The lowest BCUT2D eigenvalue weighted by Crippen LogP contribution is -2.50. The fourth-order valence-corrected chi connectivity index (χ4v) is 7.90. The lowest BCUT2D eigenvalue weighted by atomic mass is 10.0. The first-order chi connectivity index (χ1) is 12.6. The summed E-state index contributed by atoms with van der Waals surface area (Å²) in [4.78, 5) is 0.241. The van der Waals surface area contributed by atoms with Gasteiger partial charge in [-0.15, -0.1) is 11.3 Å². The van der Waals surface area contributed by atoms with Gasteiger partial charge >= 0.3 is 0 Å². The molecular formula is C17H21BrN2O4S3. The molecule has 0 radical (unpaired) electrons. The Kier molecular flexibility index (Phi) is 6.14. The zero-order valence-electron chi connectivity index (χ0n) is 15.0. The number of hydrogen-bond donors (Lipinski definition) is 0. The van der Waals surface area contributed by atoms with Crippen LogP contribution in [0.15, 0.2) is 49.3 Å². The molecule has 1 fully saturated rings. The summed E-state index contributed by atoms with van der Waals surface area (Å²) < 4.78 is 54.8. The van der Waals surface area contributed by atoms with Crippen molar-refractivity contribution in [1.82, 2.24) is 8.61 Å². The summed E-state index contributed by atoms with van der Waals surface area (Å²) in [5, 5.41) is 0. The van der Waals surface area contributed by atoms with E-state index in [-0.39, 0.29) is 35.3 Å². The minimum absolute atomic E-state index is 0.139. The van der Waals surface area contributed by atoms with E-state index in [1.807, 2.05) is 12.1 Å². The zero-order valence-corrected chi connectivity index (χ0v) is 19.0. The predicted octanol–water partition coefficient (Wildman–Crippen LogP) is 3.33. The lowest BCUT2D eigenvalue weighted by Gasteiger charge is -2.33. The molecule has 3 rings (SSSR count). The Bertz CT molecular complexity index is 1010. The second-order valence-corrected chi connectivity index (χ2v) is 13.2. The summed E-state index contributed by atoms with van der Waals surface area (Å²) in [6.45, 7) is 4.66. The van der Waals surface area contributed by atoms with Gasteiger partial charge < -0.3 is 0 Å². The van der Waals surface area contributed by atoms with Gasteiger partial charge in [0.2, 0.25) is 10.0 Å². The van der Waals surface area contributed by atoms with Gasteiger partial charge in [-0.05, 0) is 51.7 Å². The molecule has 1 aliphatic rings. The summed E-state index contributed by atoms with van der Waals surface area (Å²) in [5.74, 6) is 0.327. The van der Waals surface area contributed by atoms with Crippen molar-refractivity contribution in [2.75, 3.05) is 26.2 Å². The molecule has 1 saturated heterocycles. The first-order valence-corrected chi connectivity index (χ1v) is 13.0. The van der Waals surface area contributed by atoms with Crippen LogP contribution in [0.3, 0.4) is 0 Å². The summed E-state index contributed by atoms with van der Waals surface area (Å²) in [7, 11) is -7.22. The molecule has 0 amide bonds. The Morgan fingerprint density at radius 1 is 0.852 bits per heavy atom. The quantitative estimate of drug-likeness (QED) is 0.641. The van der Waals surface area contributed by atoms with Crippen LogP contribution in [0.25, 0.3) is 0 Å². The van der Waals surface area contributed by atoms with Crippen molar-refractivity contribution in [3.05, 3.63) is 45.7 Å². The summed E-state index contributed by atoms with van der Waals surface area (Å²) in [6.07, 6.45) is 0. The minimum atomic E-state index is -3.63. The van der Waals surface area contributed by atoms with Gasteiger partial charge in [-0.3, -0.25) is 0 Å². The number of sulfonamides is 2. The molecule has 0 saturated carbocycles. The number of thiophene rings is 1. The monoisotopic (exact) mass is 492 g/mol. The summed E-state index contributed by atoms with van der Waals surface area (Å²) in [5.41, 5.74) is 1.08. The molecule has 0 N–H and O–H groups in total. The molecule has 1 aliphatic heterocycles. The van der Waals surface area contributed by atoms with Crippen molar-refractivity contribution in [3.63, 3.8) is 0 Å². The maximum atomic E-state index is 12.9. The Morgan fingerprint density at radius 3 is 1.81 bits per heavy atom. The molecule has 6 nitrogen and oxygen atoms in total. The van der Waals surface area contributed by atoms with E-state index in [4.69, 9.17) is 0 Å². The van der Waals surface area contributed by atoms with Crippen LogP contribution in [0, 0.1) is 0 Å². The van der Waals surface area contributed by atoms with E-state index in [9.17, 15) is 16.8 Å². The Labute approximate surface area is 173 Å². The van der Waals surface area contributed by atoms with Crippen LogP contribution in [0.5, 0.6) is 0 Å². The minimum Gasteiger partial charge on any atom is -0.207 e. The highest BCUT2D eigenvalue weighted by Crippen LogP contribution is 2.29. The van der Waals surface area contributed by atoms with Gasteiger partial charge in [0.1, 0.15) is 4.21 Å². The molecule has 0 atom stereocenters. The second kappa shape index (κ2) is 7.92. The molecular weight excluding hydrogens is 472 g/mol. The van der Waals surface area contributed by atoms with E-state index in [1.54, 1.807) is 24.3 Å². The summed E-state index contributed by atoms with van der Waals surface area (Å²) in [6, 6.07) is 10.1. The van der Waals surface area contributed by atoms with Gasteiger partial charge in [-0.2, -0.15) is 8.61 Å². The van der Waals surface area contributed by atoms with E-state index >= 15 is 0 Å². The Hall–Kier alpha value is -0.780.